The number of nitrogen functional groups attached to an aromatic ring is 1. The first-order chi connectivity index (χ1) is 6.13. The minimum Gasteiger partial charge on any atom is -0.384 e. The highest BCUT2D eigenvalue weighted by Gasteiger charge is 2.02. The normalized spacial score (nSPS) is 8.62. The van der Waals surface area contributed by atoms with Crippen LogP contribution in [-0.2, 0) is 0 Å². The standard InChI is InChI=1S/C9H12N2.C2H6/c1-6-4-3-5-7(2)8(6)9(10)11;1-2/h3-5H,1-2H3,(H3,10,11);1-2H3. The highest BCUT2D eigenvalue weighted by Crippen LogP contribution is 2.11. The Bertz CT molecular complexity index is 270. The SMILES string of the molecule is CC.Cc1cccc(C)c1C(=N)N. The molecule has 0 amide bonds. The number of rotatable bonds is 1. The second kappa shape index (κ2) is 5.36. The van der Waals surface area contributed by atoms with Crippen molar-refractivity contribution in [1.82, 2.24) is 0 Å². The van der Waals surface area contributed by atoms with Crippen LogP contribution in [0.4, 0.5) is 0 Å². The van der Waals surface area contributed by atoms with Gasteiger partial charge < -0.3 is 5.73 Å². The molecule has 1 rings (SSSR count). The summed E-state index contributed by atoms with van der Waals surface area (Å²) in [4.78, 5) is 0. The molecular formula is C11H18N2. The quantitative estimate of drug-likeness (QED) is 0.504. The zero-order valence-electron chi connectivity index (χ0n) is 8.81. The summed E-state index contributed by atoms with van der Waals surface area (Å²) in [6.07, 6.45) is 0. The zero-order chi connectivity index (χ0) is 10.4. The van der Waals surface area contributed by atoms with Gasteiger partial charge in [-0.15, -0.1) is 0 Å². The third-order valence-electron chi connectivity index (χ3n) is 1.75. The van der Waals surface area contributed by atoms with E-state index in [1.807, 2.05) is 45.9 Å². The van der Waals surface area contributed by atoms with Gasteiger partial charge in [0.1, 0.15) is 5.84 Å². The Kier molecular flexibility index (Phi) is 4.82. The fourth-order valence-corrected chi connectivity index (χ4v) is 1.24. The molecule has 72 valence electrons. The van der Waals surface area contributed by atoms with Crippen molar-refractivity contribution in [1.29, 1.82) is 5.41 Å². The van der Waals surface area contributed by atoms with E-state index in [4.69, 9.17) is 11.1 Å². The highest BCUT2D eigenvalue weighted by atomic mass is 14.7. The molecule has 0 spiro atoms. The van der Waals surface area contributed by atoms with Gasteiger partial charge in [0, 0.05) is 5.56 Å². The highest BCUT2D eigenvalue weighted by molar-refractivity contribution is 5.97. The molecule has 0 bridgehead atoms. The van der Waals surface area contributed by atoms with Gasteiger partial charge in [0.05, 0.1) is 0 Å². The monoisotopic (exact) mass is 178 g/mol. The van der Waals surface area contributed by atoms with Gasteiger partial charge in [0.15, 0.2) is 0 Å². The minimum absolute atomic E-state index is 0.153. The summed E-state index contributed by atoms with van der Waals surface area (Å²) in [6, 6.07) is 5.89. The van der Waals surface area contributed by atoms with E-state index in [0.717, 1.165) is 16.7 Å². The van der Waals surface area contributed by atoms with Crippen molar-refractivity contribution < 1.29 is 0 Å². The minimum atomic E-state index is 0.153. The van der Waals surface area contributed by atoms with Crippen LogP contribution in [0.25, 0.3) is 0 Å². The molecule has 0 fully saturated rings. The molecule has 2 nitrogen and oxygen atoms in total. The van der Waals surface area contributed by atoms with Crippen LogP contribution in [0, 0.1) is 19.3 Å². The Morgan fingerprint density at radius 2 is 1.54 bits per heavy atom. The van der Waals surface area contributed by atoms with Gasteiger partial charge in [0.25, 0.3) is 0 Å². The Hall–Kier alpha value is -1.31. The largest absolute Gasteiger partial charge is 0.384 e. The summed E-state index contributed by atoms with van der Waals surface area (Å²) in [5.41, 5.74) is 8.40. The molecule has 0 unspecified atom stereocenters. The molecule has 0 saturated carbocycles. The third-order valence-corrected chi connectivity index (χ3v) is 1.75. The van der Waals surface area contributed by atoms with Crippen LogP contribution in [0.2, 0.25) is 0 Å². The lowest BCUT2D eigenvalue weighted by Crippen LogP contribution is -2.14. The maximum atomic E-state index is 7.29. The summed E-state index contributed by atoms with van der Waals surface area (Å²) in [5, 5.41) is 7.29. The molecule has 2 heteroatoms. The van der Waals surface area contributed by atoms with Crippen LogP contribution < -0.4 is 5.73 Å². The van der Waals surface area contributed by atoms with Gasteiger partial charge in [0.2, 0.25) is 0 Å². The molecule has 1 aromatic carbocycles. The summed E-state index contributed by atoms with van der Waals surface area (Å²) < 4.78 is 0. The Morgan fingerprint density at radius 1 is 1.15 bits per heavy atom. The predicted molar refractivity (Wildman–Crippen MR) is 58.3 cm³/mol. The van der Waals surface area contributed by atoms with Gasteiger partial charge in [-0.1, -0.05) is 32.0 Å². The molecule has 0 heterocycles. The number of nitrogens with one attached hydrogen (secondary N) is 1. The van der Waals surface area contributed by atoms with Crippen LogP contribution in [0.15, 0.2) is 18.2 Å². The molecule has 13 heavy (non-hydrogen) atoms. The first-order valence-corrected chi connectivity index (χ1v) is 4.53. The maximum Gasteiger partial charge on any atom is 0.123 e. The molecule has 0 aromatic heterocycles. The molecule has 0 aliphatic carbocycles. The average Bonchev–Trinajstić information content (AvgIpc) is 2.07. The second-order valence-electron chi connectivity index (χ2n) is 2.68. The summed E-state index contributed by atoms with van der Waals surface area (Å²) in [6.45, 7) is 7.92. The zero-order valence-corrected chi connectivity index (χ0v) is 8.81. The second-order valence-corrected chi connectivity index (χ2v) is 2.68. The smallest absolute Gasteiger partial charge is 0.123 e. The predicted octanol–water partition coefficient (Wildman–Crippen LogP) is 2.61. The van der Waals surface area contributed by atoms with Gasteiger partial charge >= 0.3 is 0 Å². The van der Waals surface area contributed by atoms with E-state index in [9.17, 15) is 0 Å². The lowest BCUT2D eigenvalue weighted by Gasteiger charge is -2.05. The fourth-order valence-electron chi connectivity index (χ4n) is 1.24. The van der Waals surface area contributed by atoms with Gasteiger partial charge in [-0.25, -0.2) is 0 Å². The van der Waals surface area contributed by atoms with Crippen molar-refractivity contribution in [2.45, 2.75) is 27.7 Å². The van der Waals surface area contributed by atoms with Crippen molar-refractivity contribution >= 4 is 5.84 Å². The van der Waals surface area contributed by atoms with E-state index in [1.54, 1.807) is 0 Å². The van der Waals surface area contributed by atoms with Crippen molar-refractivity contribution in [3.8, 4) is 0 Å². The van der Waals surface area contributed by atoms with Crippen LogP contribution >= 0.6 is 0 Å². The van der Waals surface area contributed by atoms with Gasteiger partial charge in [-0.3, -0.25) is 5.41 Å². The molecule has 0 aliphatic rings. The van der Waals surface area contributed by atoms with Crippen molar-refractivity contribution in [2.24, 2.45) is 5.73 Å². The van der Waals surface area contributed by atoms with Crippen LogP contribution in [0.1, 0.15) is 30.5 Å². The molecular weight excluding hydrogens is 160 g/mol. The first kappa shape index (κ1) is 11.7. The number of nitrogens with two attached hydrogens (primary N) is 1. The Balaban J connectivity index is 0.000000671. The first-order valence-electron chi connectivity index (χ1n) is 4.53. The maximum absolute atomic E-state index is 7.29. The van der Waals surface area contributed by atoms with E-state index in [2.05, 4.69) is 0 Å². The molecule has 0 atom stereocenters. The lowest BCUT2D eigenvalue weighted by molar-refractivity contribution is 1.31. The number of hydrogen-bond acceptors (Lipinski definition) is 1. The van der Waals surface area contributed by atoms with Gasteiger partial charge in [-0.05, 0) is 25.0 Å². The Morgan fingerprint density at radius 3 is 1.77 bits per heavy atom. The molecule has 0 saturated heterocycles. The number of aryl methyl sites for hydroxylation is 2. The average molecular weight is 178 g/mol. The third kappa shape index (κ3) is 2.90. The lowest BCUT2D eigenvalue weighted by atomic mass is 10.0. The molecule has 0 aliphatic heterocycles. The Labute approximate surface area is 80.3 Å². The van der Waals surface area contributed by atoms with E-state index < -0.39 is 0 Å². The molecule has 3 N–H and O–H groups in total. The van der Waals surface area contributed by atoms with Crippen molar-refractivity contribution in [3.63, 3.8) is 0 Å². The van der Waals surface area contributed by atoms with Gasteiger partial charge in [-0.2, -0.15) is 0 Å². The summed E-state index contributed by atoms with van der Waals surface area (Å²) >= 11 is 0. The van der Waals surface area contributed by atoms with Crippen molar-refractivity contribution in [2.75, 3.05) is 0 Å². The summed E-state index contributed by atoms with van der Waals surface area (Å²) in [7, 11) is 0. The van der Waals surface area contributed by atoms with E-state index in [0.29, 0.717) is 0 Å². The van der Waals surface area contributed by atoms with E-state index >= 15 is 0 Å². The number of hydrogen-bond donors (Lipinski definition) is 2. The van der Waals surface area contributed by atoms with Crippen molar-refractivity contribution in [3.05, 3.63) is 34.9 Å². The molecule has 0 radical (unpaired) electrons. The van der Waals surface area contributed by atoms with E-state index in [-0.39, 0.29) is 5.84 Å². The molecule has 1 aromatic rings. The fraction of sp³-hybridized carbons (Fsp3) is 0.364. The number of benzene rings is 1. The topological polar surface area (TPSA) is 49.9 Å². The van der Waals surface area contributed by atoms with E-state index in [1.165, 1.54) is 0 Å². The summed E-state index contributed by atoms with van der Waals surface area (Å²) in [5.74, 6) is 0.153. The van der Waals surface area contributed by atoms with Crippen LogP contribution in [0.5, 0.6) is 0 Å². The van der Waals surface area contributed by atoms with Crippen LogP contribution in [-0.4, -0.2) is 5.84 Å². The number of amidine groups is 1. The van der Waals surface area contributed by atoms with Crippen LogP contribution in [0.3, 0.4) is 0 Å².